The van der Waals surface area contributed by atoms with E-state index in [0.29, 0.717) is 5.25 Å². The van der Waals surface area contributed by atoms with Gasteiger partial charge in [-0.2, -0.15) is 0 Å². The largest absolute Gasteiger partial charge is 0.304 e. The standard InChI is InChI=1S/C23H21NOS/c1-17(25)24-20-14-8-9-15-22(20)26-23(19-12-6-3-7-13-19)16-21(24)18-10-4-2-5-11-18/h2-15,21,23H,16H2,1H3/t21-,23-/m1/s1. The number of hydrogen-bond donors (Lipinski definition) is 0. The molecule has 2 nitrogen and oxygen atoms in total. The third-order valence-electron chi connectivity index (χ3n) is 4.84. The summed E-state index contributed by atoms with van der Waals surface area (Å²) < 4.78 is 0. The lowest BCUT2D eigenvalue weighted by atomic mass is 9.96. The predicted octanol–water partition coefficient (Wildman–Crippen LogP) is 6.02. The van der Waals surface area contributed by atoms with Gasteiger partial charge in [0, 0.05) is 17.1 Å². The fraction of sp³-hybridized carbons (Fsp3) is 0.174. The van der Waals surface area contributed by atoms with Crippen molar-refractivity contribution in [3.05, 3.63) is 96.1 Å². The molecule has 0 aromatic heterocycles. The Morgan fingerprint density at radius 3 is 2.08 bits per heavy atom. The van der Waals surface area contributed by atoms with Crippen molar-refractivity contribution in [2.24, 2.45) is 0 Å². The third-order valence-corrected chi connectivity index (χ3v) is 6.19. The van der Waals surface area contributed by atoms with Crippen LogP contribution in [-0.4, -0.2) is 5.91 Å². The van der Waals surface area contributed by atoms with Crippen LogP contribution in [0.2, 0.25) is 0 Å². The molecular weight excluding hydrogens is 338 g/mol. The van der Waals surface area contributed by atoms with E-state index in [4.69, 9.17) is 0 Å². The Kier molecular flexibility index (Phi) is 4.81. The maximum atomic E-state index is 12.7. The normalized spacial score (nSPS) is 19.5. The molecule has 0 unspecified atom stereocenters. The first kappa shape index (κ1) is 16.9. The highest BCUT2D eigenvalue weighted by Crippen LogP contribution is 2.50. The molecule has 1 amide bonds. The van der Waals surface area contributed by atoms with Crippen molar-refractivity contribution in [1.82, 2.24) is 0 Å². The summed E-state index contributed by atoms with van der Waals surface area (Å²) in [6.07, 6.45) is 0.882. The van der Waals surface area contributed by atoms with Crippen molar-refractivity contribution in [2.75, 3.05) is 4.90 Å². The van der Waals surface area contributed by atoms with Gasteiger partial charge in [0.2, 0.25) is 5.91 Å². The summed E-state index contributed by atoms with van der Waals surface area (Å²) in [6.45, 7) is 1.67. The van der Waals surface area contributed by atoms with E-state index in [2.05, 4.69) is 72.8 Å². The first-order chi connectivity index (χ1) is 12.7. The topological polar surface area (TPSA) is 20.3 Å². The SMILES string of the molecule is CC(=O)N1c2ccccc2S[C@@H](c2ccccc2)C[C@@H]1c1ccccc1. The highest BCUT2D eigenvalue weighted by molar-refractivity contribution is 7.99. The number of carbonyl (C=O) groups is 1. The molecule has 0 fully saturated rings. The summed E-state index contributed by atoms with van der Waals surface area (Å²) in [5.74, 6) is 0.0839. The average molecular weight is 359 g/mol. The molecule has 0 bridgehead atoms. The average Bonchev–Trinajstić information content (AvgIpc) is 2.86. The van der Waals surface area contributed by atoms with Crippen LogP contribution in [0.15, 0.2) is 89.8 Å². The number of para-hydroxylation sites is 1. The van der Waals surface area contributed by atoms with Gasteiger partial charge in [-0.3, -0.25) is 4.79 Å². The molecule has 1 aliphatic rings. The Morgan fingerprint density at radius 2 is 1.42 bits per heavy atom. The van der Waals surface area contributed by atoms with Crippen LogP contribution in [0.3, 0.4) is 0 Å². The molecule has 0 saturated carbocycles. The van der Waals surface area contributed by atoms with Crippen LogP contribution < -0.4 is 4.90 Å². The highest BCUT2D eigenvalue weighted by atomic mass is 32.2. The van der Waals surface area contributed by atoms with Crippen molar-refractivity contribution in [3.8, 4) is 0 Å². The summed E-state index contributed by atoms with van der Waals surface area (Å²) in [5, 5.41) is 0.298. The number of fused-ring (bicyclic) bond motifs is 1. The van der Waals surface area contributed by atoms with Crippen molar-refractivity contribution in [2.45, 2.75) is 29.5 Å². The minimum Gasteiger partial charge on any atom is -0.304 e. The summed E-state index contributed by atoms with van der Waals surface area (Å²) in [6, 6.07) is 29.3. The van der Waals surface area contributed by atoms with E-state index < -0.39 is 0 Å². The van der Waals surface area contributed by atoms with Crippen molar-refractivity contribution >= 4 is 23.4 Å². The Hall–Kier alpha value is -2.52. The van der Waals surface area contributed by atoms with Crippen molar-refractivity contribution < 1.29 is 4.79 Å². The van der Waals surface area contributed by atoms with Crippen LogP contribution in [-0.2, 0) is 4.79 Å². The van der Waals surface area contributed by atoms with Gasteiger partial charge in [-0.05, 0) is 29.7 Å². The fourth-order valence-corrected chi connectivity index (χ4v) is 4.98. The predicted molar refractivity (Wildman–Crippen MR) is 108 cm³/mol. The molecule has 1 aliphatic heterocycles. The molecule has 130 valence electrons. The van der Waals surface area contributed by atoms with Crippen LogP contribution >= 0.6 is 11.8 Å². The van der Waals surface area contributed by atoms with E-state index in [1.807, 2.05) is 28.8 Å². The summed E-state index contributed by atoms with van der Waals surface area (Å²) >= 11 is 1.86. The second-order valence-electron chi connectivity index (χ2n) is 6.54. The number of thioether (sulfide) groups is 1. The minimum absolute atomic E-state index is 0.0232. The van der Waals surface area contributed by atoms with Crippen LogP contribution in [0.25, 0.3) is 0 Å². The molecule has 2 atom stereocenters. The molecule has 3 aromatic carbocycles. The van der Waals surface area contributed by atoms with Gasteiger partial charge >= 0.3 is 0 Å². The smallest absolute Gasteiger partial charge is 0.224 e. The van der Waals surface area contributed by atoms with Gasteiger partial charge in [0.05, 0.1) is 11.7 Å². The molecule has 0 N–H and O–H groups in total. The first-order valence-electron chi connectivity index (χ1n) is 8.89. The molecule has 0 radical (unpaired) electrons. The Balaban J connectivity index is 1.86. The van der Waals surface area contributed by atoms with Gasteiger partial charge in [-0.25, -0.2) is 0 Å². The summed E-state index contributed by atoms with van der Waals surface area (Å²) in [7, 11) is 0. The monoisotopic (exact) mass is 359 g/mol. The Bertz CT molecular complexity index is 894. The molecule has 0 spiro atoms. The number of benzene rings is 3. The second kappa shape index (κ2) is 7.38. The van der Waals surface area contributed by atoms with Gasteiger partial charge in [0.25, 0.3) is 0 Å². The Morgan fingerprint density at radius 1 is 0.846 bits per heavy atom. The number of hydrogen-bond acceptors (Lipinski definition) is 2. The third kappa shape index (κ3) is 3.27. The van der Waals surface area contributed by atoms with E-state index in [0.717, 1.165) is 17.0 Å². The van der Waals surface area contributed by atoms with Gasteiger partial charge < -0.3 is 4.90 Å². The molecule has 3 heteroatoms. The van der Waals surface area contributed by atoms with Crippen LogP contribution in [0.4, 0.5) is 5.69 Å². The highest BCUT2D eigenvalue weighted by Gasteiger charge is 2.33. The van der Waals surface area contributed by atoms with E-state index in [1.165, 1.54) is 11.1 Å². The quantitative estimate of drug-likeness (QED) is 0.558. The van der Waals surface area contributed by atoms with Crippen molar-refractivity contribution in [3.63, 3.8) is 0 Å². The zero-order chi connectivity index (χ0) is 17.9. The van der Waals surface area contributed by atoms with Crippen LogP contribution in [0.1, 0.15) is 35.8 Å². The molecule has 3 aromatic rings. The van der Waals surface area contributed by atoms with Crippen molar-refractivity contribution in [1.29, 1.82) is 0 Å². The second-order valence-corrected chi connectivity index (χ2v) is 7.78. The fourth-order valence-electron chi connectivity index (χ4n) is 3.65. The van der Waals surface area contributed by atoms with Crippen LogP contribution in [0, 0.1) is 0 Å². The van der Waals surface area contributed by atoms with Gasteiger partial charge in [-0.1, -0.05) is 72.8 Å². The molecule has 1 heterocycles. The van der Waals surface area contributed by atoms with Gasteiger partial charge in [0.1, 0.15) is 0 Å². The van der Waals surface area contributed by atoms with E-state index in [1.54, 1.807) is 6.92 Å². The lowest BCUT2D eigenvalue weighted by molar-refractivity contribution is -0.117. The zero-order valence-electron chi connectivity index (χ0n) is 14.7. The van der Waals surface area contributed by atoms with Gasteiger partial charge in [-0.15, -0.1) is 11.8 Å². The number of amides is 1. The lowest BCUT2D eigenvalue weighted by Gasteiger charge is -2.31. The maximum absolute atomic E-state index is 12.7. The molecule has 26 heavy (non-hydrogen) atoms. The van der Waals surface area contributed by atoms with E-state index in [-0.39, 0.29) is 11.9 Å². The first-order valence-corrected chi connectivity index (χ1v) is 9.77. The molecule has 0 aliphatic carbocycles. The maximum Gasteiger partial charge on any atom is 0.224 e. The number of nitrogens with zero attached hydrogens (tertiary/aromatic N) is 1. The minimum atomic E-state index is 0.0232. The molecular formula is C23H21NOS. The summed E-state index contributed by atoms with van der Waals surface area (Å²) in [4.78, 5) is 15.8. The Labute approximate surface area is 158 Å². The van der Waals surface area contributed by atoms with Gasteiger partial charge in [0.15, 0.2) is 0 Å². The number of anilines is 1. The number of carbonyl (C=O) groups excluding carboxylic acids is 1. The zero-order valence-corrected chi connectivity index (χ0v) is 15.5. The lowest BCUT2D eigenvalue weighted by Crippen LogP contribution is -2.33. The number of rotatable bonds is 2. The van der Waals surface area contributed by atoms with E-state index >= 15 is 0 Å². The summed E-state index contributed by atoms with van der Waals surface area (Å²) in [5.41, 5.74) is 3.50. The van der Waals surface area contributed by atoms with E-state index in [9.17, 15) is 4.79 Å². The molecule has 0 saturated heterocycles. The van der Waals surface area contributed by atoms with Crippen LogP contribution in [0.5, 0.6) is 0 Å². The molecule has 4 rings (SSSR count).